The summed E-state index contributed by atoms with van der Waals surface area (Å²) in [5.74, 6) is -0.326. The summed E-state index contributed by atoms with van der Waals surface area (Å²) in [6.07, 6.45) is 0. The van der Waals surface area contributed by atoms with E-state index >= 15 is 0 Å². The lowest BCUT2D eigenvalue weighted by atomic mass is 10.2. The minimum Gasteiger partial charge on any atom is -0.355 e. The van der Waals surface area contributed by atoms with Crippen LogP contribution in [-0.2, 0) is 4.79 Å². The molecule has 0 saturated heterocycles. The van der Waals surface area contributed by atoms with Gasteiger partial charge in [0.15, 0.2) is 0 Å². The van der Waals surface area contributed by atoms with Crippen molar-refractivity contribution in [1.82, 2.24) is 16.0 Å². The molecule has 0 radical (unpaired) electrons. The van der Waals surface area contributed by atoms with Gasteiger partial charge >= 0.3 is 6.03 Å². The summed E-state index contributed by atoms with van der Waals surface area (Å²) in [4.78, 5) is 33.5. The maximum atomic E-state index is 11.5. The molecule has 0 heterocycles. The lowest BCUT2D eigenvalue weighted by molar-refractivity contribution is -0.118. The van der Waals surface area contributed by atoms with E-state index < -0.39 is 0 Å². The Morgan fingerprint density at radius 3 is 2.15 bits per heavy atom. The van der Waals surface area contributed by atoms with Gasteiger partial charge in [-0.15, -0.1) is 0 Å². The smallest absolute Gasteiger partial charge is 0.319 e. The van der Waals surface area contributed by atoms with Crippen LogP contribution >= 0.6 is 0 Å². The molecule has 0 spiro atoms. The van der Waals surface area contributed by atoms with Crippen LogP contribution in [0.2, 0.25) is 0 Å². The lowest BCUT2D eigenvalue weighted by Crippen LogP contribution is -2.36. The van der Waals surface area contributed by atoms with Crippen LogP contribution < -0.4 is 21.3 Å². The fraction of sp³-hybridized carbons (Fsp3) is 0.308. The average Bonchev–Trinajstić information content (AvgIpc) is 2.43. The molecule has 4 amide bonds. The molecule has 0 aliphatic heterocycles. The van der Waals surface area contributed by atoms with Gasteiger partial charge in [-0.25, -0.2) is 4.79 Å². The Morgan fingerprint density at radius 1 is 1.00 bits per heavy atom. The Bertz CT molecular complexity index is 485. The predicted molar refractivity (Wildman–Crippen MR) is 75.5 cm³/mol. The number of amides is 4. The molecule has 1 aromatic rings. The van der Waals surface area contributed by atoms with E-state index in [0.717, 1.165) is 0 Å². The van der Waals surface area contributed by atoms with Crippen molar-refractivity contribution in [2.24, 2.45) is 0 Å². The molecule has 7 heteroatoms. The molecule has 0 aliphatic carbocycles. The van der Waals surface area contributed by atoms with E-state index in [9.17, 15) is 14.4 Å². The van der Waals surface area contributed by atoms with Crippen LogP contribution in [0.15, 0.2) is 24.3 Å². The molecule has 7 nitrogen and oxygen atoms in total. The highest BCUT2D eigenvalue weighted by Crippen LogP contribution is 2.09. The normalized spacial score (nSPS) is 9.50. The van der Waals surface area contributed by atoms with Gasteiger partial charge in [-0.05, 0) is 24.3 Å². The maximum absolute atomic E-state index is 11.5. The Morgan fingerprint density at radius 2 is 1.60 bits per heavy atom. The summed E-state index contributed by atoms with van der Waals surface area (Å²) < 4.78 is 0. The monoisotopic (exact) mass is 278 g/mol. The molecule has 20 heavy (non-hydrogen) atoms. The number of hydrogen-bond donors (Lipinski definition) is 4. The quantitative estimate of drug-likeness (QED) is 0.583. The average molecular weight is 278 g/mol. The van der Waals surface area contributed by atoms with Crippen LogP contribution in [0.4, 0.5) is 10.5 Å². The molecule has 1 rings (SSSR count). The molecule has 0 unspecified atom stereocenters. The van der Waals surface area contributed by atoms with E-state index in [0.29, 0.717) is 24.3 Å². The second-order valence-electron chi connectivity index (χ2n) is 4.02. The van der Waals surface area contributed by atoms with E-state index in [1.807, 2.05) is 0 Å². The highest BCUT2D eigenvalue weighted by atomic mass is 16.2. The minimum absolute atomic E-state index is 0.142. The van der Waals surface area contributed by atoms with Crippen molar-refractivity contribution < 1.29 is 14.4 Å². The molecule has 1 aromatic carbocycles. The number of anilines is 1. The van der Waals surface area contributed by atoms with Crippen LogP contribution in [0.5, 0.6) is 0 Å². The van der Waals surface area contributed by atoms with E-state index in [1.165, 1.54) is 6.92 Å². The van der Waals surface area contributed by atoms with Gasteiger partial charge in [0.1, 0.15) is 0 Å². The van der Waals surface area contributed by atoms with Crippen molar-refractivity contribution in [2.75, 3.05) is 25.5 Å². The van der Waals surface area contributed by atoms with Crippen molar-refractivity contribution in [1.29, 1.82) is 0 Å². The van der Waals surface area contributed by atoms with Crippen molar-refractivity contribution in [3.63, 3.8) is 0 Å². The number of nitrogens with one attached hydrogen (secondary N) is 4. The number of carbonyl (C=O) groups excluding carboxylic acids is 3. The van der Waals surface area contributed by atoms with Crippen LogP contribution in [-0.4, -0.2) is 38.0 Å². The van der Waals surface area contributed by atoms with Crippen LogP contribution in [0.25, 0.3) is 0 Å². The Kier molecular flexibility index (Phi) is 6.02. The van der Waals surface area contributed by atoms with Crippen LogP contribution in [0.3, 0.4) is 0 Å². The molecular formula is C13H18N4O3. The Hall–Kier alpha value is -2.57. The summed E-state index contributed by atoms with van der Waals surface area (Å²) >= 11 is 0. The second-order valence-corrected chi connectivity index (χ2v) is 4.02. The summed E-state index contributed by atoms with van der Waals surface area (Å²) in [7, 11) is 1.55. The third-order valence-electron chi connectivity index (χ3n) is 2.42. The van der Waals surface area contributed by atoms with Gasteiger partial charge in [0.2, 0.25) is 5.91 Å². The maximum Gasteiger partial charge on any atom is 0.319 e. The lowest BCUT2D eigenvalue weighted by Gasteiger charge is -2.08. The zero-order chi connectivity index (χ0) is 15.0. The molecule has 4 N–H and O–H groups in total. The third-order valence-corrected chi connectivity index (χ3v) is 2.42. The third kappa shape index (κ3) is 5.38. The molecule has 0 aromatic heterocycles. The standard InChI is InChI=1S/C13H18N4O3/c1-9(18)15-7-8-16-13(20)17-11-5-3-10(4-6-11)12(19)14-2/h3-6H,7-8H2,1-2H3,(H,14,19)(H,15,18)(H2,16,17,20). The van der Waals surface area contributed by atoms with Crippen molar-refractivity contribution in [2.45, 2.75) is 6.92 Å². The van der Waals surface area contributed by atoms with E-state index in [1.54, 1.807) is 31.3 Å². The molecule has 0 saturated carbocycles. The highest BCUT2D eigenvalue weighted by molar-refractivity contribution is 5.95. The SMILES string of the molecule is CNC(=O)c1ccc(NC(=O)NCCNC(C)=O)cc1. The number of carbonyl (C=O) groups is 3. The molecule has 108 valence electrons. The molecule has 0 bridgehead atoms. The number of hydrogen-bond acceptors (Lipinski definition) is 3. The summed E-state index contributed by atoms with van der Waals surface area (Å²) in [6.45, 7) is 2.12. The topological polar surface area (TPSA) is 99.3 Å². The first-order valence-electron chi connectivity index (χ1n) is 6.14. The highest BCUT2D eigenvalue weighted by Gasteiger charge is 2.04. The number of benzene rings is 1. The van der Waals surface area contributed by atoms with Crippen molar-refractivity contribution in [3.8, 4) is 0 Å². The Labute approximate surface area is 117 Å². The molecule has 0 aliphatic rings. The first kappa shape index (κ1) is 15.5. The zero-order valence-corrected chi connectivity index (χ0v) is 11.4. The predicted octanol–water partition coefficient (Wildman–Crippen LogP) is 0.304. The fourth-order valence-corrected chi connectivity index (χ4v) is 1.44. The van der Waals surface area contributed by atoms with E-state index in [4.69, 9.17) is 0 Å². The molecular weight excluding hydrogens is 260 g/mol. The molecule has 0 atom stereocenters. The second kappa shape index (κ2) is 7.78. The summed E-state index contributed by atoms with van der Waals surface area (Å²) in [5, 5.41) is 10.3. The van der Waals surface area contributed by atoms with E-state index in [-0.39, 0.29) is 17.8 Å². The van der Waals surface area contributed by atoms with Gasteiger partial charge in [-0.1, -0.05) is 0 Å². The minimum atomic E-state index is -0.372. The van der Waals surface area contributed by atoms with Crippen molar-refractivity contribution in [3.05, 3.63) is 29.8 Å². The number of urea groups is 1. The summed E-state index contributed by atoms with van der Waals surface area (Å²) in [5.41, 5.74) is 1.10. The van der Waals surface area contributed by atoms with Gasteiger partial charge in [0.05, 0.1) is 0 Å². The largest absolute Gasteiger partial charge is 0.355 e. The Balaban J connectivity index is 2.38. The zero-order valence-electron chi connectivity index (χ0n) is 11.4. The van der Waals surface area contributed by atoms with Crippen molar-refractivity contribution >= 4 is 23.5 Å². The van der Waals surface area contributed by atoms with Gasteiger partial charge in [0, 0.05) is 38.3 Å². The van der Waals surface area contributed by atoms with Crippen LogP contribution in [0.1, 0.15) is 17.3 Å². The van der Waals surface area contributed by atoms with Gasteiger partial charge in [0.25, 0.3) is 5.91 Å². The van der Waals surface area contributed by atoms with Gasteiger partial charge in [-0.2, -0.15) is 0 Å². The van der Waals surface area contributed by atoms with Crippen LogP contribution in [0, 0.1) is 0 Å². The van der Waals surface area contributed by atoms with E-state index in [2.05, 4.69) is 21.3 Å². The first-order chi connectivity index (χ1) is 9.52. The number of rotatable bonds is 5. The van der Waals surface area contributed by atoms with Gasteiger partial charge < -0.3 is 21.3 Å². The molecule has 0 fully saturated rings. The first-order valence-corrected chi connectivity index (χ1v) is 6.14. The summed E-state index contributed by atoms with van der Waals surface area (Å²) in [6, 6.07) is 6.14. The fourth-order valence-electron chi connectivity index (χ4n) is 1.44. The van der Waals surface area contributed by atoms with Gasteiger partial charge in [-0.3, -0.25) is 9.59 Å².